The highest BCUT2D eigenvalue weighted by Crippen LogP contribution is 2.29. The van der Waals surface area contributed by atoms with Crippen molar-refractivity contribution in [2.45, 2.75) is 59.9 Å². The zero-order chi connectivity index (χ0) is 13.9. The summed E-state index contributed by atoms with van der Waals surface area (Å²) in [7, 11) is 0. The Hall–Kier alpha value is -1.43. The number of hydrogen-bond donors (Lipinski definition) is 1. The van der Waals surface area contributed by atoms with Crippen LogP contribution in [0.3, 0.4) is 0 Å². The van der Waals surface area contributed by atoms with E-state index >= 15 is 0 Å². The van der Waals surface area contributed by atoms with Crippen LogP contribution in [0.1, 0.15) is 62.9 Å². The molecule has 1 atom stereocenters. The number of nitrogens with two attached hydrogens (primary N) is 1. The number of nitrogens with zero attached hydrogens (tertiary/aromatic N) is 2. The Morgan fingerprint density at radius 3 is 2.28 bits per heavy atom. The van der Waals surface area contributed by atoms with Crippen LogP contribution in [0.25, 0.3) is 0 Å². The molecule has 1 unspecified atom stereocenters. The fourth-order valence-electron chi connectivity index (χ4n) is 2.51. The lowest BCUT2D eigenvalue weighted by Gasteiger charge is -2.18. The van der Waals surface area contributed by atoms with Crippen molar-refractivity contribution < 1.29 is 0 Å². The third-order valence-corrected chi connectivity index (χ3v) is 3.75. The van der Waals surface area contributed by atoms with E-state index in [1.165, 1.54) is 12.8 Å². The van der Waals surface area contributed by atoms with Gasteiger partial charge >= 0.3 is 0 Å². The highest BCUT2D eigenvalue weighted by atomic mass is 15.1. The molecule has 2 N–H and O–H groups in total. The number of nitrogen functional groups attached to an aromatic ring is 1. The molecule has 0 aromatic carbocycles. The molecule has 1 aromatic heterocycles. The summed E-state index contributed by atoms with van der Waals surface area (Å²) in [5.74, 6) is 1.38. The molecule has 1 heterocycles. The Morgan fingerprint density at radius 2 is 1.83 bits per heavy atom. The normalized spacial score (nSPS) is 12.7. The fraction of sp³-hybridized carbons (Fsp3) is 0.667. The van der Waals surface area contributed by atoms with Gasteiger partial charge in [-0.25, -0.2) is 0 Å². The fourth-order valence-corrected chi connectivity index (χ4v) is 2.51. The van der Waals surface area contributed by atoms with E-state index in [1.54, 1.807) is 0 Å². The largest absolute Gasteiger partial charge is 0.384 e. The van der Waals surface area contributed by atoms with Crippen LogP contribution in [0.15, 0.2) is 0 Å². The molecule has 0 aliphatic rings. The van der Waals surface area contributed by atoms with Gasteiger partial charge in [-0.1, -0.05) is 26.7 Å². The van der Waals surface area contributed by atoms with Crippen molar-refractivity contribution in [2.24, 2.45) is 5.92 Å². The van der Waals surface area contributed by atoms with Crippen molar-refractivity contribution in [3.8, 4) is 6.07 Å². The summed E-state index contributed by atoms with van der Waals surface area (Å²) >= 11 is 0. The first-order valence-electron chi connectivity index (χ1n) is 6.77. The lowest BCUT2D eigenvalue weighted by Crippen LogP contribution is -2.11. The molecule has 0 radical (unpaired) electrons. The van der Waals surface area contributed by atoms with Gasteiger partial charge in [0.15, 0.2) is 0 Å². The van der Waals surface area contributed by atoms with E-state index in [-0.39, 0.29) is 0 Å². The average Bonchev–Trinajstić information content (AvgIpc) is 2.49. The molecule has 100 valence electrons. The first kappa shape index (κ1) is 14.6. The van der Waals surface area contributed by atoms with Crippen molar-refractivity contribution in [3.05, 3.63) is 16.8 Å². The van der Waals surface area contributed by atoms with Crippen molar-refractivity contribution in [3.63, 3.8) is 0 Å². The number of aromatic nitrogens is 1. The maximum absolute atomic E-state index is 9.12. The molecule has 0 amide bonds. The number of hydrogen-bond acceptors (Lipinski definition) is 2. The summed E-state index contributed by atoms with van der Waals surface area (Å²) in [6.45, 7) is 10.7. The monoisotopic (exact) mass is 247 g/mol. The van der Waals surface area contributed by atoms with Gasteiger partial charge in [0.1, 0.15) is 11.9 Å². The van der Waals surface area contributed by atoms with Crippen LogP contribution >= 0.6 is 0 Å². The molecule has 18 heavy (non-hydrogen) atoms. The molecular weight excluding hydrogens is 222 g/mol. The lowest BCUT2D eigenvalue weighted by molar-refractivity contribution is 0.446. The zero-order valence-electron chi connectivity index (χ0n) is 12.2. The lowest BCUT2D eigenvalue weighted by atomic mass is 10.0. The van der Waals surface area contributed by atoms with Crippen molar-refractivity contribution >= 4 is 5.82 Å². The standard InChI is InChI=1S/C15H25N3/c1-10(2)7-6-8-11(3)18-13(5)12(4)14(9-16)15(18)17/h10-11H,6-8,17H2,1-5H3. The van der Waals surface area contributed by atoms with E-state index < -0.39 is 0 Å². The second-order valence-electron chi connectivity index (χ2n) is 5.63. The number of anilines is 1. The van der Waals surface area contributed by atoms with Crippen molar-refractivity contribution in [1.82, 2.24) is 4.57 Å². The maximum atomic E-state index is 9.12. The smallest absolute Gasteiger partial charge is 0.122 e. The van der Waals surface area contributed by atoms with Gasteiger partial charge < -0.3 is 10.3 Å². The van der Waals surface area contributed by atoms with Gasteiger partial charge in [-0.2, -0.15) is 5.26 Å². The minimum absolute atomic E-state index is 0.365. The molecule has 0 saturated heterocycles. The summed E-state index contributed by atoms with van der Waals surface area (Å²) < 4.78 is 2.12. The van der Waals surface area contributed by atoms with Crippen LogP contribution in [0.4, 0.5) is 5.82 Å². The zero-order valence-corrected chi connectivity index (χ0v) is 12.2. The van der Waals surface area contributed by atoms with E-state index in [1.807, 2.05) is 13.8 Å². The van der Waals surface area contributed by atoms with Crippen LogP contribution in [0.5, 0.6) is 0 Å². The number of rotatable bonds is 5. The van der Waals surface area contributed by atoms with E-state index in [0.29, 0.717) is 17.4 Å². The van der Waals surface area contributed by atoms with Crippen LogP contribution in [0, 0.1) is 31.1 Å². The first-order chi connectivity index (χ1) is 8.40. The van der Waals surface area contributed by atoms with Crippen LogP contribution < -0.4 is 5.73 Å². The highest BCUT2D eigenvalue weighted by Gasteiger charge is 2.18. The highest BCUT2D eigenvalue weighted by molar-refractivity contribution is 5.58. The molecule has 0 spiro atoms. The van der Waals surface area contributed by atoms with E-state index in [2.05, 4.69) is 31.4 Å². The molecule has 1 aromatic rings. The molecule has 3 heteroatoms. The predicted molar refractivity (Wildman–Crippen MR) is 76.4 cm³/mol. The Kier molecular flexibility index (Phi) is 4.84. The predicted octanol–water partition coefficient (Wildman–Crippen LogP) is 3.95. The Bertz CT molecular complexity index is 449. The topological polar surface area (TPSA) is 54.7 Å². The Balaban J connectivity index is 2.87. The van der Waals surface area contributed by atoms with E-state index in [9.17, 15) is 0 Å². The molecule has 0 saturated carbocycles. The molecule has 3 nitrogen and oxygen atoms in total. The van der Waals surface area contributed by atoms with Gasteiger partial charge in [0.25, 0.3) is 0 Å². The SMILES string of the molecule is Cc1c(C#N)c(N)n(C(C)CCCC(C)C)c1C. The molecule has 0 bridgehead atoms. The molecule has 1 rings (SSSR count). The second-order valence-corrected chi connectivity index (χ2v) is 5.63. The Morgan fingerprint density at radius 1 is 1.22 bits per heavy atom. The van der Waals surface area contributed by atoms with Crippen LogP contribution in [-0.2, 0) is 0 Å². The second kappa shape index (κ2) is 5.95. The van der Waals surface area contributed by atoms with Gasteiger partial charge in [0.2, 0.25) is 0 Å². The summed E-state index contributed by atoms with van der Waals surface area (Å²) in [5, 5.41) is 9.12. The quantitative estimate of drug-likeness (QED) is 0.856. The minimum atomic E-state index is 0.365. The first-order valence-corrected chi connectivity index (χ1v) is 6.77. The summed E-state index contributed by atoms with van der Waals surface area (Å²) in [4.78, 5) is 0. The molecular formula is C15H25N3. The van der Waals surface area contributed by atoms with E-state index in [4.69, 9.17) is 11.0 Å². The summed E-state index contributed by atoms with van der Waals surface area (Å²) in [5.41, 5.74) is 8.88. The van der Waals surface area contributed by atoms with Gasteiger partial charge in [0.05, 0.1) is 5.56 Å². The third kappa shape index (κ3) is 2.87. The molecule has 0 aliphatic carbocycles. The van der Waals surface area contributed by atoms with E-state index in [0.717, 1.165) is 23.6 Å². The van der Waals surface area contributed by atoms with Gasteiger partial charge in [-0.3, -0.25) is 0 Å². The van der Waals surface area contributed by atoms with Crippen molar-refractivity contribution in [2.75, 3.05) is 5.73 Å². The summed E-state index contributed by atoms with van der Waals surface area (Å²) in [6.07, 6.45) is 3.56. The molecule has 0 aliphatic heterocycles. The maximum Gasteiger partial charge on any atom is 0.122 e. The summed E-state index contributed by atoms with van der Waals surface area (Å²) in [6, 6.07) is 2.57. The van der Waals surface area contributed by atoms with Crippen LogP contribution in [-0.4, -0.2) is 4.57 Å². The minimum Gasteiger partial charge on any atom is -0.384 e. The van der Waals surface area contributed by atoms with Crippen molar-refractivity contribution in [1.29, 1.82) is 5.26 Å². The average molecular weight is 247 g/mol. The van der Waals surface area contributed by atoms with Gasteiger partial charge in [-0.15, -0.1) is 0 Å². The van der Waals surface area contributed by atoms with Crippen LogP contribution in [0.2, 0.25) is 0 Å². The third-order valence-electron chi connectivity index (χ3n) is 3.75. The van der Waals surface area contributed by atoms with Gasteiger partial charge in [-0.05, 0) is 38.7 Å². The molecule has 0 fully saturated rings. The number of nitriles is 1. The van der Waals surface area contributed by atoms with Gasteiger partial charge in [0, 0.05) is 11.7 Å². The Labute approximate surface area is 111 Å².